The Bertz CT molecular complexity index is 1020. The number of ether oxygens (including phenoxy) is 1. The van der Waals surface area contributed by atoms with E-state index in [4.69, 9.17) is 4.74 Å². The lowest BCUT2D eigenvalue weighted by atomic mass is 10.1. The van der Waals surface area contributed by atoms with E-state index < -0.39 is 0 Å². The third kappa shape index (κ3) is 2.94. The Morgan fingerprint density at radius 2 is 2.00 bits per heavy atom. The van der Waals surface area contributed by atoms with E-state index in [1.54, 1.807) is 13.3 Å². The average Bonchev–Trinajstić information content (AvgIpc) is 3.31. The fraction of sp³-hybridized carbons (Fsp3) is 0.100. The molecule has 4 aromatic rings. The van der Waals surface area contributed by atoms with Crippen molar-refractivity contribution < 1.29 is 9.53 Å². The monoisotopic (exact) mass is 348 g/mol. The first kappa shape index (κ1) is 15.6. The van der Waals surface area contributed by atoms with Gasteiger partial charge < -0.3 is 9.30 Å². The molecule has 0 unspecified atom stereocenters. The molecule has 0 N–H and O–H groups in total. The van der Waals surface area contributed by atoms with Crippen molar-refractivity contribution in [2.45, 2.75) is 6.54 Å². The molecule has 25 heavy (non-hydrogen) atoms. The topological polar surface area (TPSA) is 44.1 Å². The van der Waals surface area contributed by atoms with Gasteiger partial charge in [-0.15, -0.1) is 11.3 Å². The SMILES string of the molecule is COc1ccc(Cn2cc(C(=O)c3cccs3)c3cccnc32)cc1. The number of methoxy groups -OCH3 is 1. The molecule has 4 rings (SSSR count). The minimum atomic E-state index is 0.0430. The molecule has 124 valence electrons. The number of benzene rings is 1. The predicted molar refractivity (Wildman–Crippen MR) is 99.6 cm³/mol. The molecular formula is C20H16N2O2S. The van der Waals surface area contributed by atoms with Gasteiger partial charge in [0.2, 0.25) is 5.78 Å². The molecule has 0 fully saturated rings. The van der Waals surface area contributed by atoms with Gasteiger partial charge in [0.05, 0.1) is 17.6 Å². The second-order valence-corrected chi connectivity index (χ2v) is 6.65. The maximum absolute atomic E-state index is 12.8. The molecule has 3 heterocycles. The number of nitrogens with zero attached hydrogens (tertiary/aromatic N) is 2. The summed E-state index contributed by atoms with van der Waals surface area (Å²) in [5, 5.41) is 2.80. The van der Waals surface area contributed by atoms with E-state index in [9.17, 15) is 4.79 Å². The van der Waals surface area contributed by atoms with E-state index in [1.165, 1.54) is 11.3 Å². The van der Waals surface area contributed by atoms with Gasteiger partial charge in [0.1, 0.15) is 11.4 Å². The number of rotatable bonds is 5. The van der Waals surface area contributed by atoms with Crippen LogP contribution in [0.4, 0.5) is 0 Å². The lowest BCUT2D eigenvalue weighted by Gasteiger charge is -2.06. The highest BCUT2D eigenvalue weighted by molar-refractivity contribution is 7.12. The van der Waals surface area contributed by atoms with Gasteiger partial charge in [-0.1, -0.05) is 18.2 Å². The minimum Gasteiger partial charge on any atom is -0.497 e. The number of fused-ring (bicyclic) bond motifs is 1. The highest BCUT2D eigenvalue weighted by Crippen LogP contribution is 2.25. The molecule has 5 heteroatoms. The molecule has 0 spiro atoms. The lowest BCUT2D eigenvalue weighted by Crippen LogP contribution is -2.00. The zero-order valence-electron chi connectivity index (χ0n) is 13.7. The smallest absolute Gasteiger partial charge is 0.205 e. The van der Waals surface area contributed by atoms with E-state index in [0.717, 1.165) is 27.2 Å². The second kappa shape index (κ2) is 6.53. The van der Waals surface area contributed by atoms with Gasteiger partial charge in [-0.05, 0) is 41.3 Å². The first-order valence-corrected chi connectivity index (χ1v) is 8.79. The molecule has 0 bridgehead atoms. The molecule has 0 saturated carbocycles. The summed E-state index contributed by atoms with van der Waals surface area (Å²) in [5.41, 5.74) is 2.63. The van der Waals surface area contributed by atoms with Crippen molar-refractivity contribution in [1.29, 1.82) is 0 Å². The Labute approximate surface area is 149 Å². The van der Waals surface area contributed by atoms with Gasteiger partial charge in [-0.25, -0.2) is 4.98 Å². The van der Waals surface area contributed by atoms with Crippen LogP contribution >= 0.6 is 11.3 Å². The Hall–Kier alpha value is -2.92. The molecular weight excluding hydrogens is 332 g/mol. The third-order valence-electron chi connectivity index (χ3n) is 4.14. The first-order valence-electron chi connectivity index (χ1n) is 7.91. The van der Waals surface area contributed by atoms with Crippen LogP contribution in [0, 0.1) is 0 Å². The van der Waals surface area contributed by atoms with E-state index in [-0.39, 0.29) is 5.78 Å². The maximum Gasteiger partial charge on any atom is 0.205 e. The number of hydrogen-bond acceptors (Lipinski definition) is 4. The Morgan fingerprint density at radius 1 is 1.16 bits per heavy atom. The van der Waals surface area contributed by atoms with Crippen LogP contribution in [0.1, 0.15) is 20.8 Å². The number of ketones is 1. The fourth-order valence-corrected chi connectivity index (χ4v) is 3.57. The Morgan fingerprint density at radius 3 is 2.72 bits per heavy atom. The molecule has 3 aromatic heterocycles. The van der Waals surface area contributed by atoms with Gasteiger partial charge >= 0.3 is 0 Å². The first-order chi connectivity index (χ1) is 12.3. The summed E-state index contributed by atoms with van der Waals surface area (Å²) in [4.78, 5) is 18.1. The summed E-state index contributed by atoms with van der Waals surface area (Å²) in [6.07, 6.45) is 3.66. The van der Waals surface area contributed by atoms with Crippen LogP contribution in [-0.2, 0) is 6.54 Å². The van der Waals surface area contributed by atoms with Crippen LogP contribution in [0.5, 0.6) is 5.75 Å². The molecule has 0 aliphatic heterocycles. The normalized spacial score (nSPS) is 10.9. The Balaban J connectivity index is 1.75. The van der Waals surface area contributed by atoms with Crippen LogP contribution in [0.2, 0.25) is 0 Å². The van der Waals surface area contributed by atoms with Gasteiger partial charge in [0.25, 0.3) is 0 Å². The van der Waals surface area contributed by atoms with Crippen LogP contribution in [-0.4, -0.2) is 22.4 Å². The number of pyridine rings is 1. The van der Waals surface area contributed by atoms with Gasteiger partial charge in [0.15, 0.2) is 0 Å². The number of carbonyl (C=O) groups is 1. The number of thiophene rings is 1. The largest absolute Gasteiger partial charge is 0.497 e. The van der Waals surface area contributed by atoms with E-state index in [2.05, 4.69) is 4.98 Å². The summed E-state index contributed by atoms with van der Waals surface area (Å²) in [6.45, 7) is 0.648. The number of aromatic nitrogens is 2. The summed E-state index contributed by atoms with van der Waals surface area (Å²) in [7, 11) is 1.65. The predicted octanol–water partition coefficient (Wildman–Crippen LogP) is 4.39. The molecule has 1 aromatic carbocycles. The zero-order chi connectivity index (χ0) is 17.2. The summed E-state index contributed by atoms with van der Waals surface area (Å²) < 4.78 is 7.23. The van der Waals surface area contributed by atoms with E-state index >= 15 is 0 Å². The van der Waals surface area contributed by atoms with Gasteiger partial charge in [-0.3, -0.25) is 4.79 Å². The lowest BCUT2D eigenvalue weighted by molar-refractivity contribution is 0.104. The molecule has 0 saturated heterocycles. The molecule has 0 aliphatic rings. The molecule has 0 atom stereocenters. The van der Waals surface area contributed by atoms with Crippen molar-refractivity contribution in [3.8, 4) is 5.75 Å². The Kier molecular flexibility index (Phi) is 4.07. The van der Waals surface area contributed by atoms with Crippen LogP contribution in [0.3, 0.4) is 0 Å². The zero-order valence-corrected chi connectivity index (χ0v) is 14.5. The summed E-state index contributed by atoms with van der Waals surface area (Å²) in [6, 6.07) is 15.5. The third-order valence-corrected chi connectivity index (χ3v) is 5.00. The molecule has 0 aliphatic carbocycles. The molecule has 0 radical (unpaired) electrons. The van der Waals surface area contributed by atoms with Crippen molar-refractivity contribution in [3.05, 3.63) is 82.3 Å². The standard InChI is InChI=1S/C20H16N2O2S/c1-24-15-8-6-14(7-9-15)12-22-13-17(16-4-2-10-21-20(16)22)19(23)18-5-3-11-25-18/h2-11,13H,12H2,1H3. The van der Waals surface area contributed by atoms with Crippen molar-refractivity contribution in [3.63, 3.8) is 0 Å². The number of hydrogen-bond donors (Lipinski definition) is 0. The maximum atomic E-state index is 12.8. The van der Waals surface area contributed by atoms with E-state index in [0.29, 0.717) is 12.1 Å². The van der Waals surface area contributed by atoms with Crippen LogP contribution in [0.15, 0.2) is 66.3 Å². The van der Waals surface area contributed by atoms with Crippen LogP contribution in [0.25, 0.3) is 11.0 Å². The molecule has 4 nitrogen and oxygen atoms in total. The highest BCUT2D eigenvalue weighted by atomic mass is 32.1. The number of carbonyl (C=O) groups excluding carboxylic acids is 1. The highest BCUT2D eigenvalue weighted by Gasteiger charge is 2.18. The fourth-order valence-electron chi connectivity index (χ4n) is 2.89. The van der Waals surface area contributed by atoms with Crippen molar-refractivity contribution in [1.82, 2.24) is 9.55 Å². The summed E-state index contributed by atoms with van der Waals surface area (Å²) in [5.74, 6) is 0.870. The average molecular weight is 348 g/mol. The quantitative estimate of drug-likeness (QED) is 0.503. The second-order valence-electron chi connectivity index (χ2n) is 5.70. The summed E-state index contributed by atoms with van der Waals surface area (Å²) >= 11 is 1.46. The molecule has 0 amide bonds. The van der Waals surface area contributed by atoms with Crippen molar-refractivity contribution >= 4 is 28.2 Å². The minimum absolute atomic E-state index is 0.0430. The van der Waals surface area contributed by atoms with Crippen LogP contribution < -0.4 is 4.74 Å². The van der Waals surface area contributed by atoms with Gasteiger partial charge in [0, 0.05) is 24.3 Å². The van der Waals surface area contributed by atoms with E-state index in [1.807, 2.05) is 64.7 Å². The van der Waals surface area contributed by atoms with Crippen molar-refractivity contribution in [2.75, 3.05) is 7.11 Å². The van der Waals surface area contributed by atoms with Crippen molar-refractivity contribution in [2.24, 2.45) is 0 Å². The van der Waals surface area contributed by atoms with Gasteiger partial charge in [-0.2, -0.15) is 0 Å².